The SMILES string of the molecule is Cc1ccc(C)cc1.Cc1ccccc1[N+](=O)[O-]. The Labute approximate surface area is 107 Å². The fraction of sp³-hybridized carbons (Fsp3) is 0.200. The van der Waals surface area contributed by atoms with E-state index in [9.17, 15) is 10.1 Å². The molecule has 3 heteroatoms. The van der Waals surface area contributed by atoms with Crippen LogP contribution in [0.5, 0.6) is 0 Å². The van der Waals surface area contributed by atoms with E-state index in [1.807, 2.05) is 0 Å². The lowest BCUT2D eigenvalue weighted by Gasteiger charge is -1.92. The van der Waals surface area contributed by atoms with Gasteiger partial charge in [-0.2, -0.15) is 0 Å². The highest BCUT2D eigenvalue weighted by atomic mass is 16.6. The summed E-state index contributed by atoms with van der Waals surface area (Å²) in [5, 5.41) is 10.2. The highest BCUT2D eigenvalue weighted by molar-refractivity contribution is 5.38. The molecule has 0 aliphatic rings. The van der Waals surface area contributed by atoms with Crippen LogP contribution in [0.15, 0.2) is 48.5 Å². The lowest BCUT2D eigenvalue weighted by Crippen LogP contribution is -1.89. The molecule has 0 bridgehead atoms. The van der Waals surface area contributed by atoms with Crippen molar-refractivity contribution in [1.82, 2.24) is 0 Å². The van der Waals surface area contributed by atoms with Crippen molar-refractivity contribution in [2.45, 2.75) is 20.8 Å². The van der Waals surface area contributed by atoms with E-state index in [1.165, 1.54) is 17.2 Å². The maximum atomic E-state index is 10.2. The van der Waals surface area contributed by atoms with Crippen LogP contribution in [0.1, 0.15) is 16.7 Å². The fourth-order valence-corrected chi connectivity index (χ4v) is 1.41. The van der Waals surface area contributed by atoms with Crippen LogP contribution in [0.4, 0.5) is 5.69 Å². The van der Waals surface area contributed by atoms with Crippen LogP contribution in [0.25, 0.3) is 0 Å². The lowest BCUT2D eigenvalue weighted by atomic mass is 10.2. The van der Waals surface area contributed by atoms with Crippen molar-refractivity contribution >= 4 is 5.69 Å². The largest absolute Gasteiger partial charge is 0.272 e. The van der Waals surface area contributed by atoms with Gasteiger partial charge in [-0.15, -0.1) is 0 Å². The molecule has 0 aromatic heterocycles. The Morgan fingerprint density at radius 1 is 0.833 bits per heavy atom. The highest BCUT2D eigenvalue weighted by Gasteiger charge is 2.05. The first kappa shape index (κ1) is 13.9. The maximum absolute atomic E-state index is 10.2. The predicted molar refractivity (Wildman–Crippen MR) is 73.7 cm³/mol. The summed E-state index contributed by atoms with van der Waals surface area (Å²) in [7, 11) is 0. The van der Waals surface area contributed by atoms with Crippen molar-refractivity contribution in [3.05, 3.63) is 75.3 Å². The number of nitro groups is 1. The van der Waals surface area contributed by atoms with Gasteiger partial charge in [0.15, 0.2) is 0 Å². The zero-order valence-corrected chi connectivity index (χ0v) is 10.9. The van der Waals surface area contributed by atoms with Gasteiger partial charge in [0, 0.05) is 11.6 Å². The molecule has 2 aromatic carbocycles. The first-order chi connectivity index (χ1) is 8.50. The van der Waals surface area contributed by atoms with Crippen molar-refractivity contribution < 1.29 is 4.92 Å². The molecule has 0 heterocycles. The van der Waals surface area contributed by atoms with E-state index in [0.29, 0.717) is 5.56 Å². The number of hydrogen-bond donors (Lipinski definition) is 0. The monoisotopic (exact) mass is 243 g/mol. The third-order valence-corrected chi connectivity index (χ3v) is 2.53. The van der Waals surface area contributed by atoms with Crippen LogP contribution in [0, 0.1) is 30.9 Å². The predicted octanol–water partition coefficient (Wildman–Crippen LogP) is 4.21. The Kier molecular flexibility index (Phi) is 5.06. The highest BCUT2D eigenvalue weighted by Crippen LogP contribution is 2.14. The number of nitrogens with zero attached hydrogens (tertiary/aromatic N) is 1. The fourth-order valence-electron chi connectivity index (χ4n) is 1.41. The summed E-state index contributed by atoms with van der Waals surface area (Å²) < 4.78 is 0. The van der Waals surface area contributed by atoms with E-state index in [2.05, 4.69) is 38.1 Å². The van der Waals surface area contributed by atoms with E-state index in [0.717, 1.165) is 0 Å². The standard InChI is InChI=1S/C8H10.C7H7NO2/c1-7-3-5-8(2)6-4-7;1-6-4-2-3-5-7(6)8(9)10/h3-6H,1-2H3;2-5H,1H3. The van der Waals surface area contributed by atoms with E-state index < -0.39 is 0 Å². The van der Waals surface area contributed by atoms with Crippen LogP contribution in [-0.2, 0) is 0 Å². The number of rotatable bonds is 1. The smallest absolute Gasteiger partial charge is 0.258 e. The maximum Gasteiger partial charge on any atom is 0.272 e. The normalized spacial score (nSPS) is 9.28. The topological polar surface area (TPSA) is 43.1 Å². The minimum Gasteiger partial charge on any atom is -0.258 e. The van der Waals surface area contributed by atoms with Crippen LogP contribution >= 0.6 is 0 Å². The number of benzene rings is 2. The second-order valence-corrected chi connectivity index (χ2v) is 4.20. The van der Waals surface area contributed by atoms with E-state index in [1.54, 1.807) is 25.1 Å². The molecule has 18 heavy (non-hydrogen) atoms. The lowest BCUT2D eigenvalue weighted by molar-refractivity contribution is -0.385. The first-order valence-electron chi connectivity index (χ1n) is 5.74. The van der Waals surface area contributed by atoms with Gasteiger partial charge in [0.25, 0.3) is 5.69 Å². The second kappa shape index (κ2) is 6.55. The second-order valence-electron chi connectivity index (χ2n) is 4.20. The molecule has 94 valence electrons. The summed E-state index contributed by atoms with van der Waals surface area (Å²) in [6.07, 6.45) is 0. The Bertz CT molecular complexity index is 497. The van der Waals surface area contributed by atoms with Gasteiger partial charge in [0.1, 0.15) is 0 Å². The first-order valence-corrected chi connectivity index (χ1v) is 5.74. The number of aryl methyl sites for hydroxylation is 3. The summed E-state index contributed by atoms with van der Waals surface area (Å²) >= 11 is 0. The van der Waals surface area contributed by atoms with Gasteiger partial charge in [0.2, 0.25) is 0 Å². The molecule has 0 spiro atoms. The van der Waals surface area contributed by atoms with Crippen molar-refractivity contribution in [3.8, 4) is 0 Å². The molecular formula is C15H17NO2. The van der Waals surface area contributed by atoms with Crippen LogP contribution in [-0.4, -0.2) is 4.92 Å². The van der Waals surface area contributed by atoms with Gasteiger partial charge >= 0.3 is 0 Å². The minimum absolute atomic E-state index is 0.183. The summed E-state index contributed by atoms with van der Waals surface area (Å²) in [4.78, 5) is 9.85. The molecule has 0 atom stereocenters. The van der Waals surface area contributed by atoms with E-state index in [4.69, 9.17) is 0 Å². The van der Waals surface area contributed by atoms with Crippen molar-refractivity contribution in [1.29, 1.82) is 0 Å². The molecule has 0 N–H and O–H groups in total. The molecule has 0 unspecified atom stereocenters. The zero-order valence-electron chi connectivity index (χ0n) is 10.9. The summed E-state index contributed by atoms with van der Waals surface area (Å²) in [5.41, 5.74) is 3.54. The molecule has 0 aliphatic heterocycles. The number of para-hydroxylation sites is 1. The van der Waals surface area contributed by atoms with Crippen LogP contribution < -0.4 is 0 Å². The van der Waals surface area contributed by atoms with Crippen LogP contribution in [0.2, 0.25) is 0 Å². The van der Waals surface area contributed by atoms with Crippen molar-refractivity contribution in [2.24, 2.45) is 0 Å². The van der Waals surface area contributed by atoms with Crippen molar-refractivity contribution in [3.63, 3.8) is 0 Å². The van der Waals surface area contributed by atoms with Gasteiger partial charge in [-0.25, -0.2) is 0 Å². The van der Waals surface area contributed by atoms with Gasteiger partial charge < -0.3 is 0 Å². The summed E-state index contributed by atoms with van der Waals surface area (Å²) in [5.74, 6) is 0. The number of hydrogen-bond acceptors (Lipinski definition) is 2. The average molecular weight is 243 g/mol. The molecule has 2 aromatic rings. The van der Waals surface area contributed by atoms with Gasteiger partial charge in [0.05, 0.1) is 4.92 Å². The molecule has 0 amide bonds. The molecule has 3 nitrogen and oxygen atoms in total. The van der Waals surface area contributed by atoms with Gasteiger partial charge in [-0.1, -0.05) is 53.6 Å². The Hall–Kier alpha value is -2.16. The molecule has 0 radical (unpaired) electrons. The molecule has 0 aliphatic carbocycles. The average Bonchev–Trinajstić information content (AvgIpc) is 2.34. The Balaban J connectivity index is 0.000000184. The van der Waals surface area contributed by atoms with Crippen LogP contribution in [0.3, 0.4) is 0 Å². The Morgan fingerprint density at radius 3 is 1.61 bits per heavy atom. The molecular weight excluding hydrogens is 226 g/mol. The summed E-state index contributed by atoms with van der Waals surface area (Å²) in [6.45, 7) is 5.91. The Morgan fingerprint density at radius 2 is 1.28 bits per heavy atom. The quantitative estimate of drug-likeness (QED) is 0.556. The molecule has 2 rings (SSSR count). The van der Waals surface area contributed by atoms with Gasteiger partial charge in [-0.3, -0.25) is 10.1 Å². The number of nitro benzene ring substituents is 1. The molecule has 0 saturated carbocycles. The minimum atomic E-state index is -0.380. The van der Waals surface area contributed by atoms with E-state index in [-0.39, 0.29) is 10.6 Å². The molecule has 0 saturated heterocycles. The summed E-state index contributed by atoms with van der Waals surface area (Å²) in [6, 6.07) is 15.1. The zero-order chi connectivity index (χ0) is 13.5. The van der Waals surface area contributed by atoms with Crippen molar-refractivity contribution in [2.75, 3.05) is 0 Å². The van der Waals surface area contributed by atoms with E-state index >= 15 is 0 Å². The van der Waals surface area contributed by atoms with Gasteiger partial charge in [-0.05, 0) is 20.8 Å². The third kappa shape index (κ3) is 4.37. The third-order valence-electron chi connectivity index (χ3n) is 2.53. The molecule has 0 fully saturated rings.